The molecule has 1 aromatic carbocycles. The Hall–Kier alpha value is -1.64. The molecule has 0 radical (unpaired) electrons. The van der Waals surface area contributed by atoms with Gasteiger partial charge in [-0.3, -0.25) is 0 Å². The number of fused-ring (bicyclic) bond motifs is 1. The molecule has 0 saturated carbocycles. The number of ether oxygens (including phenoxy) is 1. The fraction of sp³-hybridized carbons (Fsp3) is 0.588. The molecule has 0 aromatic heterocycles. The quantitative estimate of drug-likeness (QED) is 0.859. The van der Waals surface area contributed by atoms with Gasteiger partial charge in [0.25, 0.3) is 0 Å². The molecule has 3 aliphatic rings. The van der Waals surface area contributed by atoms with E-state index in [0.29, 0.717) is 32.6 Å². The van der Waals surface area contributed by atoms with Crippen molar-refractivity contribution < 1.29 is 17.9 Å². The standard InChI is InChI=1S/C17H23N3O4S/c1-3-20-11-17-10-19(9-13(24-17)8-15(17)25(20,22)23)16(21)18-14-7-5-4-6-12(14)2/h4-7,13,15H,3,8-11H2,1-2H3,(H,18,21)/t13-,15+,17+/m1/s1. The highest BCUT2D eigenvalue weighted by atomic mass is 32.2. The third kappa shape index (κ3) is 2.54. The topological polar surface area (TPSA) is 79.0 Å². The van der Waals surface area contributed by atoms with Gasteiger partial charge in [-0.2, -0.15) is 4.31 Å². The summed E-state index contributed by atoms with van der Waals surface area (Å²) < 4.78 is 32.9. The molecule has 1 N–H and O–H groups in total. The van der Waals surface area contributed by atoms with E-state index >= 15 is 0 Å². The number of aryl methyl sites for hydroxylation is 1. The number of hydrogen-bond acceptors (Lipinski definition) is 4. The first-order chi connectivity index (χ1) is 11.9. The molecule has 7 nitrogen and oxygen atoms in total. The van der Waals surface area contributed by atoms with Crippen LogP contribution in [0.15, 0.2) is 24.3 Å². The number of carbonyl (C=O) groups is 1. The first-order valence-corrected chi connectivity index (χ1v) is 10.1. The summed E-state index contributed by atoms with van der Waals surface area (Å²) in [5.41, 5.74) is 0.972. The van der Waals surface area contributed by atoms with Gasteiger partial charge in [-0.25, -0.2) is 13.2 Å². The van der Waals surface area contributed by atoms with Crippen molar-refractivity contribution in [3.05, 3.63) is 29.8 Å². The van der Waals surface area contributed by atoms with Crippen molar-refractivity contribution in [3.8, 4) is 0 Å². The molecule has 0 unspecified atom stereocenters. The summed E-state index contributed by atoms with van der Waals surface area (Å²) in [5.74, 6) is 0. The van der Waals surface area contributed by atoms with Crippen molar-refractivity contribution in [1.82, 2.24) is 9.21 Å². The molecular weight excluding hydrogens is 342 g/mol. The van der Waals surface area contributed by atoms with E-state index in [1.54, 1.807) is 4.90 Å². The number of anilines is 1. The number of urea groups is 1. The molecule has 2 bridgehead atoms. The van der Waals surface area contributed by atoms with Crippen molar-refractivity contribution in [2.24, 2.45) is 0 Å². The second kappa shape index (κ2) is 5.69. The van der Waals surface area contributed by atoms with Gasteiger partial charge in [0.15, 0.2) is 0 Å². The number of sulfonamides is 1. The second-order valence-electron chi connectivity index (χ2n) is 7.13. The fourth-order valence-corrected chi connectivity index (χ4v) is 6.62. The van der Waals surface area contributed by atoms with Crippen molar-refractivity contribution in [3.63, 3.8) is 0 Å². The molecule has 4 rings (SSSR count). The molecular formula is C17H23N3O4S. The van der Waals surface area contributed by atoms with Gasteiger partial charge in [0.1, 0.15) is 10.9 Å². The Morgan fingerprint density at radius 1 is 1.36 bits per heavy atom. The van der Waals surface area contributed by atoms with E-state index in [0.717, 1.165) is 11.3 Å². The van der Waals surface area contributed by atoms with E-state index < -0.39 is 20.9 Å². The van der Waals surface area contributed by atoms with Crippen LogP contribution in [0.25, 0.3) is 0 Å². The number of hydrogen-bond donors (Lipinski definition) is 1. The fourth-order valence-electron chi connectivity index (χ4n) is 4.30. The van der Waals surface area contributed by atoms with Gasteiger partial charge in [0.05, 0.1) is 12.6 Å². The summed E-state index contributed by atoms with van der Waals surface area (Å²) in [6.45, 7) is 5.28. The molecule has 1 aromatic rings. The number of morpholine rings is 1. The van der Waals surface area contributed by atoms with Gasteiger partial charge in [0, 0.05) is 25.3 Å². The smallest absolute Gasteiger partial charge is 0.322 e. The number of nitrogens with one attached hydrogen (secondary N) is 1. The number of nitrogens with zero attached hydrogens (tertiary/aromatic N) is 2. The minimum Gasteiger partial charge on any atom is -0.365 e. The lowest BCUT2D eigenvalue weighted by Crippen LogP contribution is -2.57. The van der Waals surface area contributed by atoms with Crippen LogP contribution in [0.1, 0.15) is 18.9 Å². The predicted octanol–water partition coefficient (Wildman–Crippen LogP) is 1.40. The lowest BCUT2D eigenvalue weighted by atomic mass is 9.99. The SMILES string of the molecule is CCN1C[C@@]23CN(C(=O)Nc4ccccc4C)C[C@@H](C[C@@H]2S1(=O)=O)O3. The Balaban J connectivity index is 1.56. The zero-order valence-electron chi connectivity index (χ0n) is 14.4. The Morgan fingerprint density at radius 3 is 2.84 bits per heavy atom. The molecule has 3 saturated heterocycles. The monoisotopic (exact) mass is 365 g/mol. The minimum absolute atomic E-state index is 0.199. The van der Waals surface area contributed by atoms with E-state index in [1.807, 2.05) is 38.1 Å². The largest absolute Gasteiger partial charge is 0.365 e. The number of likely N-dealkylation sites (tertiary alicyclic amines) is 1. The van der Waals surface area contributed by atoms with Gasteiger partial charge >= 0.3 is 6.03 Å². The summed E-state index contributed by atoms with van der Waals surface area (Å²) in [7, 11) is -3.34. The minimum atomic E-state index is -3.34. The van der Waals surface area contributed by atoms with E-state index in [-0.39, 0.29) is 12.1 Å². The van der Waals surface area contributed by atoms with Crippen molar-refractivity contribution in [1.29, 1.82) is 0 Å². The predicted molar refractivity (Wildman–Crippen MR) is 93.9 cm³/mol. The Labute approximate surface area is 148 Å². The van der Waals surface area contributed by atoms with Crippen LogP contribution < -0.4 is 5.32 Å². The van der Waals surface area contributed by atoms with E-state index in [1.165, 1.54) is 4.31 Å². The van der Waals surface area contributed by atoms with Gasteiger partial charge in [-0.1, -0.05) is 25.1 Å². The molecule has 1 spiro atoms. The van der Waals surface area contributed by atoms with Crippen molar-refractivity contribution in [2.75, 3.05) is 31.5 Å². The van der Waals surface area contributed by atoms with Crippen LogP contribution in [-0.2, 0) is 14.8 Å². The third-order valence-corrected chi connectivity index (χ3v) is 7.99. The summed E-state index contributed by atoms with van der Waals surface area (Å²) in [6.07, 6.45) is 0.252. The zero-order chi connectivity index (χ0) is 17.8. The molecule has 8 heteroatoms. The van der Waals surface area contributed by atoms with Crippen molar-refractivity contribution in [2.45, 2.75) is 37.2 Å². The Morgan fingerprint density at radius 2 is 2.12 bits per heavy atom. The number of para-hydroxylation sites is 1. The van der Waals surface area contributed by atoms with Gasteiger partial charge in [-0.05, 0) is 25.0 Å². The van der Waals surface area contributed by atoms with E-state index in [4.69, 9.17) is 4.74 Å². The maximum atomic E-state index is 12.7. The first kappa shape index (κ1) is 16.8. The van der Waals surface area contributed by atoms with Crippen LogP contribution in [-0.4, -0.2) is 66.8 Å². The first-order valence-electron chi connectivity index (χ1n) is 8.64. The van der Waals surface area contributed by atoms with Crippen LogP contribution in [0, 0.1) is 6.92 Å². The highest BCUT2D eigenvalue weighted by Crippen LogP contribution is 2.46. The summed E-state index contributed by atoms with van der Waals surface area (Å²) >= 11 is 0. The normalized spacial score (nSPS) is 33.3. The maximum absolute atomic E-state index is 12.7. The molecule has 25 heavy (non-hydrogen) atoms. The molecule has 2 amide bonds. The highest BCUT2D eigenvalue weighted by molar-refractivity contribution is 7.90. The molecule has 136 valence electrons. The molecule has 3 heterocycles. The molecule has 0 aliphatic carbocycles. The van der Waals surface area contributed by atoms with Gasteiger partial charge in [-0.15, -0.1) is 0 Å². The summed E-state index contributed by atoms with van der Waals surface area (Å²) in [4.78, 5) is 14.4. The highest BCUT2D eigenvalue weighted by Gasteiger charge is 2.65. The van der Waals surface area contributed by atoms with Gasteiger partial charge < -0.3 is 15.0 Å². The summed E-state index contributed by atoms with van der Waals surface area (Å²) in [6, 6.07) is 7.41. The number of likely N-dealkylation sites (N-methyl/N-ethyl adjacent to an activating group) is 1. The number of amides is 2. The number of rotatable bonds is 2. The van der Waals surface area contributed by atoms with Crippen LogP contribution >= 0.6 is 0 Å². The maximum Gasteiger partial charge on any atom is 0.322 e. The zero-order valence-corrected chi connectivity index (χ0v) is 15.3. The number of carbonyl (C=O) groups excluding carboxylic acids is 1. The average molecular weight is 365 g/mol. The van der Waals surface area contributed by atoms with Gasteiger partial charge in [0.2, 0.25) is 10.0 Å². The number of benzene rings is 1. The summed E-state index contributed by atoms with van der Waals surface area (Å²) in [5, 5.41) is 2.40. The average Bonchev–Trinajstić information content (AvgIpc) is 2.95. The molecule has 3 atom stereocenters. The molecule has 3 aliphatic heterocycles. The lowest BCUT2D eigenvalue weighted by Gasteiger charge is -2.39. The van der Waals surface area contributed by atoms with Crippen LogP contribution in [0.5, 0.6) is 0 Å². The van der Waals surface area contributed by atoms with Crippen LogP contribution in [0.2, 0.25) is 0 Å². The third-order valence-electron chi connectivity index (χ3n) is 5.54. The van der Waals surface area contributed by atoms with E-state index in [2.05, 4.69) is 5.32 Å². The Kier molecular flexibility index (Phi) is 3.82. The van der Waals surface area contributed by atoms with E-state index in [9.17, 15) is 13.2 Å². The second-order valence-corrected chi connectivity index (χ2v) is 9.24. The Bertz CT molecular complexity index is 812. The van der Waals surface area contributed by atoms with Crippen LogP contribution in [0.3, 0.4) is 0 Å². The van der Waals surface area contributed by atoms with Crippen molar-refractivity contribution >= 4 is 21.7 Å². The van der Waals surface area contributed by atoms with Crippen LogP contribution in [0.4, 0.5) is 10.5 Å². The molecule has 3 fully saturated rings. The lowest BCUT2D eigenvalue weighted by molar-refractivity contribution is -0.0940.